The number of ether oxygens (including phenoxy) is 1. The van der Waals surface area contributed by atoms with E-state index in [1.165, 1.54) is 5.56 Å². The van der Waals surface area contributed by atoms with E-state index in [1.54, 1.807) is 7.11 Å². The highest BCUT2D eigenvalue weighted by Gasteiger charge is 1.97. The van der Waals surface area contributed by atoms with Crippen molar-refractivity contribution in [3.63, 3.8) is 0 Å². The molecule has 94 valence electrons. The number of anilines is 1. The Labute approximate surface area is 107 Å². The summed E-state index contributed by atoms with van der Waals surface area (Å²) in [5.74, 6) is 0.862. The van der Waals surface area contributed by atoms with Crippen LogP contribution in [0.2, 0.25) is 0 Å². The molecule has 0 saturated heterocycles. The maximum absolute atomic E-state index is 9.06. The number of benzene rings is 2. The Bertz CT molecular complexity index is 494. The summed E-state index contributed by atoms with van der Waals surface area (Å²) in [6, 6.07) is 15.7. The average Bonchev–Trinajstić information content (AvgIpc) is 2.46. The molecule has 0 saturated carbocycles. The average molecular weight is 243 g/mol. The first-order valence-electron chi connectivity index (χ1n) is 5.88. The number of aliphatic hydroxyl groups excluding tert-OH is 1. The third kappa shape index (κ3) is 3.25. The van der Waals surface area contributed by atoms with E-state index in [-0.39, 0.29) is 6.61 Å². The third-order valence-corrected chi connectivity index (χ3v) is 2.77. The van der Waals surface area contributed by atoms with Crippen LogP contribution in [0.25, 0.3) is 0 Å². The van der Waals surface area contributed by atoms with Crippen molar-refractivity contribution in [3.8, 4) is 5.75 Å². The van der Waals surface area contributed by atoms with E-state index in [0.29, 0.717) is 0 Å². The van der Waals surface area contributed by atoms with Gasteiger partial charge in [0, 0.05) is 12.2 Å². The fourth-order valence-corrected chi connectivity index (χ4v) is 1.73. The summed E-state index contributed by atoms with van der Waals surface area (Å²) in [4.78, 5) is 0. The largest absolute Gasteiger partial charge is 0.497 e. The standard InChI is InChI=1S/C15H17NO2/c1-18-15-7-5-12(6-8-15)10-16-14-4-2-3-13(9-14)11-17/h2-9,16-17H,10-11H2,1H3. The van der Waals surface area contributed by atoms with Gasteiger partial charge in [-0.15, -0.1) is 0 Å². The lowest BCUT2D eigenvalue weighted by atomic mass is 10.2. The van der Waals surface area contributed by atoms with Crippen LogP contribution in [0.4, 0.5) is 5.69 Å². The van der Waals surface area contributed by atoms with Gasteiger partial charge in [0.25, 0.3) is 0 Å². The van der Waals surface area contributed by atoms with Crippen molar-refractivity contribution in [2.24, 2.45) is 0 Å². The fourth-order valence-electron chi connectivity index (χ4n) is 1.73. The minimum Gasteiger partial charge on any atom is -0.497 e. The fraction of sp³-hybridized carbons (Fsp3) is 0.200. The van der Waals surface area contributed by atoms with Gasteiger partial charge in [-0.05, 0) is 35.4 Å². The van der Waals surface area contributed by atoms with Gasteiger partial charge in [-0.2, -0.15) is 0 Å². The van der Waals surface area contributed by atoms with E-state index >= 15 is 0 Å². The molecule has 0 unspecified atom stereocenters. The van der Waals surface area contributed by atoms with Gasteiger partial charge in [-0.1, -0.05) is 24.3 Å². The van der Waals surface area contributed by atoms with Gasteiger partial charge in [0.05, 0.1) is 13.7 Å². The van der Waals surface area contributed by atoms with Crippen molar-refractivity contribution >= 4 is 5.69 Å². The molecule has 0 spiro atoms. The van der Waals surface area contributed by atoms with Gasteiger partial charge in [0.1, 0.15) is 5.75 Å². The number of rotatable bonds is 5. The number of hydrogen-bond acceptors (Lipinski definition) is 3. The highest BCUT2D eigenvalue weighted by atomic mass is 16.5. The Balaban J connectivity index is 1.97. The molecule has 18 heavy (non-hydrogen) atoms. The second kappa shape index (κ2) is 6.07. The molecule has 0 aliphatic rings. The predicted octanol–water partition coefficient (Wildman–Crippen LogP) is 2.80. The van der Waals surface area contributed by atoms with Crippen LogP contribution in [-0.4, -0.2) is 12.2 Å². The van der Waals surface area contributed by atoms with Crippen molar-refractivity contribution < 1.29 is 9.84 Å². The van der Waals surface area contributed by atoms with Crippen molar-refractivity contribution in [1.29, 1.82) is 0 Å². The maximum atomic E-state index is 9.06. The van der Waals surface area contributed by atoms with Gasteiger partial charge in [-0.3, -0.25) is 0 Å². The topological polar surface area (TPSA) is 41.5 Å². The Morgan fingerprint density at radius 1 is 1.06 bits per heavy atom. The van der Waals surface area contributed by atoms with Crippen molar-refractivity contribution in [1.82, 2.24) is 0 Å². The Kier molecular flexibility index (Phi) is 4.20. The molecular formula is C15H17NO2. The quantitative estimate of drug-likeness (QED) is 0.848. The van der Waals surface area contributed by atoms with Crippen LogP contribution in [0, 0.1) is 0 Å². The van der Waals surface area contributed by atoms with E-state index in [0.717, 1.165) is 23.5 Å². The molecule has 0 aliphatic heterocycles. The molecule has 0 bridgehead atoms. The first-order chi connectivity index (χ1) is 8.81. The van der Waals surface area contributed by atoms with Crippen LogP contribution in [0.5, 0.6) is 5.75 Å². The molecule has 0 heterocycles. The summed E-state index contributed by atoms with van der Waals surface area (Å²) in [5, 5.41) is 12.4. The minimum absolute atomic E-state index is 0.0675. The van der Waals surface area contributed by atoms with Gasteiger partial charge in [-0.25, -0.2) is 0 Å². The van der Waals surface area contributed by atoms with Crippen molar-refractivity contribution in [2.75, 3.05) is 12.4 Å². The lowest BCUT2D eigenvalue weighted by Gasteiger charge is -2.08. The van der Waals surface area contributed by atoms with Crippen LogP contribution in [0.15, 0.2) is 48.5 Å². The first-order valence-corrected chi connectivity index (χ1v) is 5.88. The molecule has 0 amide bonds. The molecule has 0 radical (unpaired) electrons. The summed E-state index contributed by atoms with van der Waals surface area (Å²) < 4.78 is 5.11. The maximum Gasteiger partial charge on any atom is 0.118 e. The molecule has 0 fully saturated rings. The van der Waals surface area contributed by atoms with E-state index in [9.17, 15) is 0 Å². The second-order valence-corrected chi connectivity index (χ2v) is 4.06. The normalized spacial score (nSPS) is 10.1. The molecule has 0 aliphatic carbocycles. The monoisotopic (exact) mass is 243 g/mol. The number of nitrogens with one attached hydrogen (secondary N) is 1. The Hall–Kier alpha value is -2.00. The minimum atomic E-state index is 0.0675. The zero-order valence-corrected chi connectivity index (χ0v) is 10.4. The summed E-state index contributed by atoms with van der Waals surface area (Å²) in [6.45, 7) is 0.816. The lowest BCUT2D eigenvalue weighted by molar-refractivity contribution is 0.282. The van der Waals surface area contributed by atoms with Crippen LogP contribution >= 0.6 is 0 Å². The molecule has 3 heteroatoms. The number of hydrogen-bond donors (Lipinski definition) is 2. The van der Waals surface area contributed by atoms with Crippen LogP contribution in [0.1, 0.15) is 11.1 Å². The second-order valence-electron chi connectivity index (χ2n) is 4.06. The van der Waals surface area contributed by atoms with E-state index in [1.807, 2.05) is 48.5 Å². The smallest absolute Gasteiger partial charge is 0.118 e. The summed E-state index contributed by atoms with van der Waals surface area (Å²) in [7, 11) is 1.66. The third-order valence-electron chi connectivity index (χ3n) is 2.77. The van der Waals surface area contributed by atoms with Gasteiger partial charge in [0.2, 0.25) is 0 Å². The lowest BCUT2D eigenvalue weighted by Crippen LogP contribution is -1.99. The SMILES string of the molecule is COc1ccc(CNc2cccc(CO)c2)cc1. The molecule has 3 nitrogen and oxygen atoms in total. The van der Waals surface area contributed by atoms with Gasteiger partial charge < -0.3 is 15.2 Å². The Morgan fingerprint density at radius 2 is 1.83 bits per heavy atom. The zero-order chi connectivity index (χ0) is 12.8. The van der Waals surface area contributed by atoms with Crippen molar-refractivity contribution in [3.05, 3.63) is 59.7 Å². The highest BCUT2D eigenvalue weighted by molar-refractivity contribution is 5.46. The first kappa shape index (κ1) is 12.5. The van der Waals surface area contributed by atoms with Crippen LogP contribution < -0.4 is 10.1 Å². The predicted molar refractivity (Wildman–Crippen MR) is 72.7 cm³/mol. The number of aliphatic hydroxyl groups is 1. The molecule has 2 aromatic carbocycles. The van der Waals surface area contributed by atoms with Crippen LogP contribution in [-0.2, 0) is 13.2 Å². The molecule has 2 aromatic rings. The Morgan fingerprint density at radius 3 is 2.50 bits per heavy atom. The van der Waals surface area contributed by atoms with Crippen molar-refractivity contribution in [2.45, 2.75) is 13.2 Å². The molecule has 2 N–H and O–H groups in total. The van der Waals surface area contributed by atoms with Gasteiger partial charge >= 0.3 is 0 Å². The molecular weight excluding hydrogens is 226 g/mol. The molecule has 2 rings (SSSR count). The van der Waals surface area contributed by atoms with E-state index in [2.05, 4.69) is 5.32 Å². The summed E-state index contributed by atoms with van der Waals surface area (Å²) >= 11 is 0. The molecule has 0 atom stereocenters. The van der Waals surface area contributed by atoms with E-state index in [4.69, 9.17) is 9.84 Å². The van der Waals surface area contributed by atoms with E-state index < -0.39 is 0 Å². The highest BCUT2D eigenvalue weighted by Crippen LogP contribution is 2.14. The zero-order valence-electron chi connectivity index (χ0n) is 10.4. The summed E-state index contributed by atoms with van der Waals surface area (Å²) in [5.41, 5.74) is 3.11. The van der Waals surface area contributed by atoms with Gasteiger partial charge in [0.15, 0.2) is 0 Å². The summed E-state index contributed by atoms with van der Waals surface area (Å²) in [6.07, 6.45) is 0. The van der Waals surface area contributed by atoms with Crippen LogP contribution in [0.3, 0.4) is 0 Å². The number of methoxy groups -OCH3 is 1. The molecule has 0 aromatic heterocycles.